The van der Waals surface area contributed by atoms with Crippen LogP contribution in [0.25, 0.3) is 0 Å². The van der Waals surface area contributed by atoms with Gasteiger partial charge in [-0.15, -0.1) is 0 Å². The SMILES string of the molecule is CCC1CCC2CC(C3CCC(C(=O)Oc4ccc(Cl)c(F)c4F)CC3)CCC2C1. The van der Waals surface area contributed by atoms with Crippen LogP contribution < -0.4 is 4.74 Å². The van der Waals surface area contributed by atoms with E-state index in [1.165, 1.54) is 57.1 Å². The summed E-state index contributed by atoms with van der Waals surface area (Å²) in [6.45, 7) is 2.33. The third kappa shape index (κ3) is 4.69. The van der Waals surface area contributed by atoms with Gasteiger partial charge < -0.3 is 4.74 Å². The third-order valence-electron chi connectivity index (χ3n) is 8.32. The van der Waals surface area contributed by atoms with Crippen LogP contribution in [0.1, 0.15) is 77.6 Å². The molecule has 4 rings (SSSR count). The molecular weight excluding hydrogens is 406 g/mol. The lowest BCUT2D eigenvalue weighted by Crippen LogP contribution is -2.35. The van der Waals surface area contributed by atoms with E-state index in [9.17, 15) is 13.6 Å². The number of carbonyl (C=O) groups excluding carboxylic acids is 1. The molecule has 1 aromatic rings. The van der Waals surface area contributed by atoms with Crippen LogP contribution in [0.3, 0.4) is 0 Å². The second-order valence-corrected chi connectivity index (χ2v) is 10.3. The van der Waals surface area contributed by atoms with E-state index in [0.717, 1.165) is 49.4 Å². The fraction of sp³-hybridized carbons (Fsp3) is 0.720. The van der Waals surface area contributed by atoms with Gasteiger partial charge in [0.1, 0.15) is 0 Å². The Morgan fingerprint density at radius 3 is 2.20 bits per heavy atom. The van der Waals surface area contributed by atoms with Crippen molar-refractivity contribution in [2.45, 2.75) is 77.6 Å². The van der Waals surface area contributed by atoms with E-state index in [-0.39, 0.29) is 16.7 Å². The van der Waals surface area contributed by atoms with Crippen LogP contribution >= 0.6 is 11.6 Å². The molecule has 3 saturated carbocycles. The Labute approximate surface area is 183 Å². The van der Waals surface area contributed by atoms with Crippen molar-refractivity contribution in [1.82, 2.24) is 0 Å². The summed E-state index contributed by atoms with van der Waals surface area (Å²) in [7, 11) is 0. The van der Waals surface area contributed by atoms with Crippen LogP contribution in [0.15, 0.2) is 12.1 Å². The molecule has 166 valence electrons. The Bertz CT molecular complexity index is 760. The van der Waals surface area contributed by atoms with Gasteiger partial charge in [-0.2, -0.15) is 4.39 Å². The molecular formula is C25H33ClF2O2. The first-order valence-electron chi connectivity index (χ1n) is 11.8. The predicted molar refractivity (Wildman–Crippen MR) is 114 cm³/mol. The molecule has 4 atom stereocenters. The molecule has 0 amide bonds. The number of halogens is 3. The number of fused-ring (bicyclic) bond motifs is 1. The number of hydrogen-bond acceptors (Lipinski definition) is 2. The van der Waals surface area contributed by atoms with Crippen LogP contribution in [0.5, 0.6) is 5.75 Å². The molecule has 4 unspecified atom stereocenters. The Morgan fingerprint density at radius 1 is 0.900 bits per heavy atom. The van der Waals surface area contributed by atoms with Gasteiger partial charge in [0.15, 0.2) is 11.6 Å². The van der Waals surface area contributed by atoms with Gasteiger partial charge in [0.2, 0.25) is 5.82 Å². The van der Waals surface area contributed by atoms with Crippen LogP contribution in [-0.2, 0) is 4.79 Å². The quantitative estimate of drug-likeness (QED) is 0.275. The average molecular weight is 439 g/mol. The van der Waals surface area contributed by atoms with Gasteiger partial charge in [0.05, 0.1) is 10.9 Å². The van der Waals surface area contributed by atoms with Gasteiger partial charge in [-0.3, -0.25) is 4.79 Å². The van der Waals surface area contributed by atoms with Gasteiger partial charge in [-0.25, -0.2) is 4.39 Å². The zero-order chi connectivity index (χ0) is 21.3. The minimum absolute atomic E-state index is 0.226. The summed E-state index contributed by atoms with van der Waals surface area (Å²) in [5.74, 6) is 0.888. The summed E-state index contributed by atoms with van der Waals surface area (Å²) in [5, 5.41) is -0.314. The molecule has 3 aliphatic rings. The number of benzene rings is 1. The highest BCUT2D eigenvalue weighted by Gasteiger charge is 2.39. The molecule has 1 aromatic carbocycles. The standard InChI is InChI=1S/C25H33ClF2O2/c1-2-15-3-4-20-14-19(10-9-18(20)13-15)16-5-7-17(8-6-16)25(29)30-22-12-11-21(26)23(27)24(22)28/h11-12,15-20H,2-10,13-14H2,1H3. The molecule has 0 radical (unpaired) electrons. The lowest BCUT2D eigenvalue weighted by atomic mass is 9.61. The summed E-state index contributed by atoms with van der Waals surface area (Å²) in [4.78, 5) is 12.5. The summed E-state index contributed by atoms with van der Waals surface area (Å²) < 4.78 is 32.7. The van der Waals surface area contributed by atoms with Crippen LogP contribution in [0.4, 0.5) is 8.78 Å². The maximum atomic E-state index is 13.9. The van der Waals surface area contributed by atoms with Crippen molar-refractivity contribution in [3.63, 3.8) is 0 Å². The zero-order valence-electron chi connectivity index (χ0n) is 17.8. The van der Waals surface area contributed by atoms with Crippen molar-refractivity contribution >= 4 is 17.6 Å². The van der Waals surface area contributed by atoms with Crippen molar-refractivity contribution in [2.24, 2.45) is 35.5 Å². The molecule has 0 N–H and O–H groups in total. The highest BCUT2D eigenvalue weighted by molar-refractivity contribution is 6.30. The minimum Gasteiger partial charge on any atom is -0.423 e. The number of hydrogen-bond donors (Lipinski definition) is 0. The van der Waals surface area contributed by atoms with Gasteiger partial charge in [-0.05, 0) is 99.5 Å². The van der Waals surface area contributed by atoms with Crippen molar-refractivity contribution in [2.75, 3.05) is 0 Å². The first kappa shape index (κ1) is 22.0. The predicted octanol–water partition coefficient (Wildman–Crippen LogP) is 7.57. The summed E-state index contributed by atoms with van der Waals surface area (Å²) in [6, 6.07) is 2.43. The molecule has 30 heavy (non-hydrogen) atoms. The number of rotatable bonds is 4. The normalized spacial score (nSPS) is 34.3. The lowest BCUT2D eigenvalue weighted by molar-refractivity contribution is -0.140. The van der Waals surface area contributed by atoms with E-state index in [4.69, 9.17) is 16.3 Å². The van der Waals surface area contributed by atoms with E-state index < -0.39 is 17.6 Å². The Kier molecular flexibility index (Phi) is 7.01. The van der Waals surface area contributed by atoms with E-state index in [1.807, 2.05) is 0 Å². The van der Waals surface area contributed by atoms with Crippen molar-refractivity contribution < 1.29 is 18.3 Å². The monoisotopic (exact) mass is 438 g/mol. The second kappa shape index (κ2) is 9.54. The molecule has 0 bridgehead atoms. The third-order valence-corrected chi connectivity index (χ3v) is 8.61. The molecule has 5 heteroatoms. The number of carbonyl (C=O) groups is 1. The number of ether oxygens (including phenoxy) is 1. The van der Waals surface area contributed by atoms with Crippen molar-refractivity contribution in [1.29, 1.82) is 0 Å². The minimum atomic E-state index is -1.20. The van der Waals surface area contributed by atoms with Gasteiger partial charge in [0.25, 0.3) is 0 Å². The first-order chi connectivity index (χ1) is 14.5. The van der Waals surface area contributed by atoms with Crippen molar-refractivity contribution in [3.05, 3.63) is 28.8 Å². The molecule has 0 aliphatic heterocycles. The Morgan fingerprint density at radius 2 is 1.50 bits per heavy atom. The Balaban J connectivity index is 1.27. The van der Waals surface area contributed by atoms with E-state index in [1.54, 1.807) is 0 Å². The molecule has 2 nitrogen and oxygen atoms in total. The maximum Gasteiger partial charge on any atom is 0.314 e. The molecule has 0 saturated heterocycles. The summed E-state index contributed by atoms with van der Waals surface area (Å²) in [5.41, 5.74) is 0. The van der Waals surface area contributed by atoms with Gasteiger partial charge in [0, 0.05) is 0 Å². The van der Waals surface area contributed by atoms with Crippen LogP contribution in [0, 0.1) is 47.1 Å². The molecule has 3 fully saturated rings. The highest BCUT2D eigenvalue weighted by Crippen LogP contribution is 2.49. The fourth-order valence-corrected chi connectivity index (χ4v) is 6.57. The van der Waals surface area contributed by atoms with Crippen LogP contribution in [-0.4, -0.2) is 5.97 Å². The van der Waals surface area contributed by atoms with Gasteiger partial charge in [-0.1, -0.05) is 31.4 Å². The summed E-state index contributed by atoms with van der Waals surface area (Å²) >= 11 is 5.56. The second-order valence-electron chi connectivity index (χ2n) is 9.89. The van der Waals surface area contributed by atoms with E-state index in [2.05, 4.69) is 6.92 Å². The first-order valence-corrected chi connectivity index (χ1v) is 12.2. The molecule has 0 heterocycles. The lowest BCUT2D eigenvalue weighted by Gasteiger charge is -2.45. The topological polar surface area (TPSA) is 26.3 Å². The van der Waals surface area contributed by atoms with Gasteiger partial charge >= 0.3 is 5.97 Å². The largest absolute Gasteiger partial charge is 0.423 e. The van der Waals surface area contributed by atoms with Crippen LogP contribution in [0.2, 0.25) is 5.02 Å². The average Bonchev–Trinajstić information content (AvgIpc) is 2.78. The molecule has 0 aromatic heterocycles. The zero-order valence-corrected chi connectivity index (χ0v) is 18.6. The number of esters is 1. The maximum absolute atomic E-state index is 13.9. The highest BCUT2D eigenvalue weighted by atomic mass is 35.5. The fourth-order valence-electron chi connectivity index (χ4n) is 6.43. The van der Waals surface area contributed by atoms with Crippen molar-refractivity contribution in [3.8, 4) is 5.75 Å². The Hall–Kier alpha value is -1.16. The van der Waals surface area contributed by atoms with E-state index in [0.29, 0.717) is 5.92 Å². The summed E-state index contributed by atoms with van der Waals surface area (Å²) in [6.07, 6.45) is 13.3. The van der Waals surface area contributed by atoms with E-state index >= 15 is 0 Å². The molecule has 0 spiro atoms. The molecule has 3 aliphatic carbocycles. The smallest absolute Gasteiger partial charge is 0.314 e.